The molecule has 0 aliphatic rings. The van der Waals surface area contributed by atoms with Crippen molar-refractivity contribution in [1.82, 2.24) is 4.98 Å². The topological polar surface area (TPSA) is 26.0 Å². The molecule has 0 spiro atoms. The molecule has 1 aromatic heterocycles. The van der Waals surface area contributed by atoms with Gasteiger partial charge in [-0.3, -0.25) is 0 Å². The van der Waals surface area contributed by atoms with Gasteiger partial charge in [-0.15, -0.1) is 0 Å². The van der Waals surface area contributed by atoms with Crippen LogP contribution in [0.1, 0.15) is 5.76 Å². The molecule has 4 heteroatoms. The van der Waals surface area contributed by atoms with Crippen molar-refractivity contribution in [3.8, 4) is 11.5 Å². The summed E-state index contributed by atoms with van der Waals surface area (Å²) in [4.78, 5) is 4.15. The van der Waals surface area contributed by atoms with E-state index in [-0.39, 0.29) is 0 Å². The minimum Gasteiger partial charge on any atom is -0.440 e. The second kappa shape index (κ2) is 4.15. The Morgan fingerprint density at radius 3 is 2.57 bits per heavy atom. The monoisotopic (exact) mass is 271 g/mol. The lowest BCUT2D eigenvalue weighted by Crippen LogP contribution is -1.75. The first kappa shape index (κ1) is 9.74. The van der Waals surface area contributed by atoms with Crippen LogP contribution < -0.4 is 0 Å². The fourth-order valence-corrected chi connectivity index (χ4v) is 1.48. The summed E-state index contributed by atoms with van der Waals surface area (Å²) in [5.74, 6) is 1.44. The lowest BCUT2D eigenvalue weighted by molar-refractivity contribution is 0.540. The van der Waals surface area contributed by atoms with Crippen molar-refractivity contribution in [3.63, 3.8) is 0 Å². The maximum atomic E-state index is 5.77. The van der Waals surface area contributed by atoms with Crippen LogP contribution >= 0.6 is 27.5 Å². The molecule has 0 saturated heterocycles. The molecule has 72 valence electrons. The van der Waals surface area contributed by atoms with E-state index in [1.54, 1.807) is 6.20 Å². The van der Waals surface area contributed by atoms with Crippen molar-refractivity contribution in [2.24, 2.45) is 0 Å². The second-order valence-electron chi connectivity index (χ2n) is 2.77. The van der Waals surface area contributed by atoms with Gasteiger partial charge in [0.1, 0.15) is 5.76 Å². The van der Waals surface area contributed by atoms with Gasteiger partial charge in [0.2, 0.25) is 5.89 Å². The maximum Gasteiger partial charge on any atom is 0.226 e. The summed E-state index contributed by atoms with van der Waals surface area (Å²) in [7, 11) is 0. The first-order valence-electron chi connectivity index (χ1n) is 4.06. The van der Waals surface area contributed by atoms with Gasteiger partial charge in [0.15, 0.2) is 0 Å². The van der Waals surface area contributed by atoms with Gasteiger partial charge in [0.25, 0.3) is 0 Å². The quantitative estimate of drug-likeness (QED) is 0.775. The van der Waals surface area contributed by atoms with Crippen LogP contribution in [0.5, 0.6) is 0 Å². The highest BCUT2D eigenvalue weighted by Crippen LogP contribution is 2.21. The Bertz CT molecular complexity index is 424. The summed E-state index contributed by atoms with van der Waals surface area (Å²) in [5, 5.41) is 1.38. The zero-order chi connectivity index (χ0) is 9.97. The smallest absolute Gasteiger partial charge is 0.226 e. The van der Waals surface area contributed by atoms with E-state index >= 15 is 0 Å². The molecule has 0 N–H and O–H groups in total. The molecular weight excluding hydrogens is 265 g/mol. The number of benzene rings is 1. The van der Waals surface area contributed by atoms with Crippen molar-refractivity contribution >= 4 is 27.5 Å². The number of halogens is 2. The predicted octanol–water partition coefficient (Wildman–Crippen LogP) is 3.89. The first-order valence-corrected chi connectivity index (χ1v) is 5.56. The molecule has 0 saturated carbocycles. The summed E-state index contributed by atoms with van der Waals surface area (Å²) >= 11 is 9.07. The Morgan fingerprint density at radius 2 is 2.00 bits per heavy atom. The second-order valence-corrected chi connectivity index (χ2v) is 3.77. The van der Waals surface area contributed by atoms with Crippen LogP contribution in [0, 0.1) is 0 Å². The van der Waals surface area contributed by atoms with Crippen molar-refractivity contribution in [2.45, 2.75) is 5.33 Å². The van der Waals surface area contributed by atoms with Crippen LogP contribution in [-0.4, -0.2) is 4.98 Å². The van der Waals surface area contributed by atoms with E-state index in [0.717, 1.165) is 11.3 Å². The highest BCUT2D eigenvalue weighted by molar-refractivity contribution is 9.08. The lowest BCUT2D eigenvalue weighted by atomic mass is 10.2. The van der Waals surface area contributed by atoms with Gasteiger partial charge < -0.3 is 4.42 Å². The Labute approximate surface area is 95.0 Å². The van der Waals surface area contributed by atoms with Crippen LogP contribution in [0.15, 0.2) is 34.9 Å². The van der Waals surface area contributed by atoms with E-state index in [1.165, 1.54) is 0 Å². The summed E-state index contributed by atoms with van der Waals surface area (Å²) in [6, 6.07) is 7.39. The summed E-state index contributed by atoms with van der Waals surface area (Å²) in [6.07, 6.45) is 1.71. The van der Waals surface area contributed by atoms with Crippen LogP contribution in [0.3, 0.4) is 0 Å². The molecule has 0 aliphatic carbocycles. The Kier molecular flexibility index (Phi) is 2.89. The molecule has 0 unspecified atom stereocenters. The van der Waals surface area contributed by atoms with Gasteiger partial charge in [-0.2, -0.15) is 0 Å². The lowest BCUT2D eigenvalue weighted by Gasteiger charge is -1.94. The van der Waals surface area contributed by atoms with Crippen LogP contribution in [0.25, 0.3) is 11.5 Å². The summed E-state index contributed by atoms with van der Waals surface area (Å²) < 4.78 is 5.46. The molecule has 1 heterocycles. The summed E-state index contributed by atoms with van der Waals surface area (Å²) in [5.41, 5.74) is 0.932. The van der Waals surface area contributed by atoms with E-state index in [0.29, 0.717) is 16.2 Å². The molecule has 1 aromatic carbocycles. The Hall–Kier alpha value is -0.800. The number of rotatable bonds is 2. The number of nitrogens with zero attached hydrogens (tertiary/aromatic N) is 1. The largest absolute Gasteiger partial charge is 0.440 e. The minimum absolute atomic E-state index is 0.621. The van der Waals surface area contributed by atoms with E-state index in [9.17, 15) is 0 Å². The SMILES string of the molecule is Clc1ccc(-c2ncc(CBr)o2)cc1. The number of alkyl halides is 1. The highest BCUT2D eigenvalue weighted by Gasteiger charge is 2.04. The normalized spacial score (nSPS) is 10.4. The van der Waals surface area contributed by atoms with E-state index in [2.05, 4.69) is 20.9 Å². The molecule has 0 fully saturated rings. The third kappa shape index (κ3) is 1.99. The van der Waals surface area contributed by atoms with Gasteiger partial charge in [-0.25, -0.2) is 4.98 Å². The zero-order valence-corrected chi connectivity index (χ0v) is 9.55. The van der Waals surface area contributed by atoms with Gasteiger partial charge in [-0.05, 0) is 24.3 Å². The molecule has 0 radical (unpaired) electrons. The number of hydrogen-bond acceptors (Lipinski definition) is 2. The van der Waals surface area contributed by atoms with Gasteiger partial charge in [0, 0.05) is 10.6 Å². The van der Waals surface area contributed by atoms with Crippen molar-refractivity contribution < 1.29 is 4.42 Å². The zero-order valence-electron chi connectivity index (χ0n) is 7.21. The molecule has 0 atom stereocenters. The third-order valence-electron chi connectivity index (χ3n) is 1.78. The van der Waals surface area contributed by atoms with Crippen LogP contribution in [0.2, 0.25) is 5.02 Å². The van der Waals surface area contributed by atoms with Gasteiger partial charge in [-0.1, -0.05) is 27.5 Å². The average Bonchev–Trinajstić information content (AvgIpc) is 2.67. The Morgan fingerprint density at radius 1 is 1.29 bits per heavy atom. The van der Waals surface area contributed by atoms with Crippen LogP contribution in [-0.2, 0) is 5.33 Å². The number of aromatic nitrogens is 1. The van der Waals surface area contributed by atoms with Crippen molar-refractivity contribution in [2.75, 3.05) is 0 Å². The number of oxazole rings is 1. The molecular formula is C10H7BrClNO. The van der Waals surface area contributed by atoms with Crippen molar-refractivity contribution in [3.05, 3.63) is 41.2 Å². The standard InChI is InChI=1S/C10H7BrClNO/c11-5-9-6-13-10(14-9)7-1-3-8(12)4-2-7/h1-4,6H,5H2. The molecule has 0 aliphatic heterocycles. The Balaban J connectivity index is 2.34. The third-order valence-corrected chi connectivity index (χ3v) is 2.58. The van der Waals surface area contributed by atoms with Gasteiger partial charge in [0.05, 0.1) is 11.5 Å². The van der Waals surface area contributed by atoms with Gasteiger partial charge >= 0.3 is 0 Å². The fraction of sp³-hybridized carbons (Fsp3) is 0.100. The average molecular weight is 273 g/mol. The van der Waals surface area contributed by atoms with Crippen LogP contribution in [0.4, 0.5) is 0 Å². The predicted molar refractivity (Wildman–Crippen MR) is 59.6 cm³/mol. The maximum absolute atomic E-state index is 5.77. The van der Waals surface area contributed by atoms with E-state index in [4.69, 9.17) is 16.0 Å². The molecule has 0 amide bonds. The summed E-state index contributed by atoms with van der Waals surface area (Å²) in [6.45, 7) is 0. The first-order chi connectivity index (χ1) is 6.79. The van der Waals surface area contributed by atoms with Crippen molar-refractivity contribution in [1.29, 1.82) is 0 Å². The molecule has 2 aromatic rings. The molecule has 0 bridgehead atoms. The van der Waals surface area contributed by atoms with E-state index < -0.39 is 0 Å². The fourth-order valence-electron chi connectivity index (χ4n) is 1.10. The molecule has 2 rings (SSSR count). The minimum atomic E-state index is 0.621. The molecule has 2 nitrogen and oxygen atoms in total. The number of hydrogen-bond donors (Lipinski definition) is 0. The van der Waals surface area contributed by atoms with E-state index in [1.807, 2.05) is 24.3 Å². The molecule has 14 heavy (non-hydrogen) atoms. The highest BCUT2D eigenvalue weighted by atomic mass is 79.9.